The van der Waals surface area contributed by atoms with Gasteiger partial charge < -0.3 is 19.2 Å². The van der Waals surface area contributed by atoms with Crippen LogP contribution in [0.15, 0.2) is 47.1 Å². The number of furan rings is 1. The highest BCUT2D eigenvalue weighted by Crippen LogP contribution is 2.40. The Hall–Kier alpha value is -3.21. The van der Waals surface area contributed by atoms with Gasteiger partial charge in [-0.05, 0) is 43.2 Å². The van der Waals surface area contributed by atoms with Crippen LogP contribution in [0.4, 0.5) is 0 Å². The molecule has 0 saturated heterocycles. The zero-order chi connectivity index (χ0) is 19.6. The summed E-state index contributed by atoms with van der Waals surface area (Å²) in [7, 11) is 4.87. The Bertz CT molecular complexity index is 1010. The Balaban J connectivity index is 2.22. The number of hydrogen-bond acceptors (Lipinski definition) is 4. The summed E-state index contributed by atoms with van der Waals surface area (Å²) < 4.78 is 16.7. The van der Waals surface area contributed by atoms with Crippen molar-refractivity contribution < 1.29 is 18.7 Å². The minimum absolute atomic E-state index is 0.158. The molecule has 27 heavy (non-hydrogen) atoms. The number of fused-ring (bicyclic) bond motifs is 1. The molecule has 1 heterocycles. The van der Waals surface area contributed by atoms with Crippen LogP contribution in [0.25, 0.3) is 27.7 Å². The molecule has 0 spiro atoms. The van der Waals surface area contributed by atoms with E-state index in [0.29, 0.717) is 5.75 Å². The highest BCUT2D eigenvalue weighted by atomic mass is 16.5. The van der Waals surface area contributed by atoms with Crippen molar-refractivity contribution in [2.75, 3.05) is 21.3 Å². The van der Waals surface area contributed by atoms with E-state index in [-0.39, 0.29) is 5.91 Å². The SMILES string of the molecule is CNC(=O)/C=C(\C)c1cc2c(-c3ccc(OC)cc3)coc2c(C)c1OC. The standard InChI is InChI=1S/C22H23NO4/c1-13(10-20(24)23-3)17-11-18-19(15-6-8-16(25-4)9-7-15)12-27-22(18)14(2)21(17)26-5/h6-12H,1-5H3,(H,23,24)/b13-10+. The van der Waals surface area contributed by atoms with E-state index in [4.69, 9.17) is 13.9 Å². The zero-order valence-corrected chi connectivity index (χ0v) is 16.2. The smallest absolute Gasteiger partial charge is 0.244 e. The third-order valence-corrected chi connectivity index (χ3v) is 4.67. The van der Waals surface area contributed by atoms with Gasteiger partial charge in [-0.3, -0.25) is 4.79 Å². The molecule has 0 aliphatic rings. The van der Waals surface area contributed by atoms with Gasteiger partial charge in [-0.15, -0.1) is 0 Å². The Morgan fingerprint density at radius 3 is 2.44 bits per heavy atom. The van der Waals surface area contributed by atoms with Gasteiger partial charge in [-0.25, -0.2) is 0 Å². The largest absolute Gasteiger partial charge is 0.497 e. The van der Waals surface area contributed by atoms with Crippen LogP contribution in [0.3, 0.4) is 0 Å². The molecule has 0 bridgehead atoms. The molecule has 2 aromatic carbocycles. The van der Waals surface area contributed by atoms with Crippen molar-refractivity contribution in [3.05, 3.63) is 53.8 Å². The lowest BCUT2D eigenvalue weighted by molar-refractivity contribution is -0.116. The summed E-state index contributed by atoms with van der Waals surface area (Å²) in [5, 5.41) is 3.58. The minimum atomic E-state index is -0.158. The van der Waals surface area contributed by atoms with Gasteiger partial charge in [0.1, 0.15) is 17.1 Å². The Labute approximate surface area is 158 Å². The second kappa shape index (κ2) is 7.58. The second-order valence-corrected chi connectivity index (χ2v) is 6.28. The molecule has 3 rings (SSSR count). The summed E-state index contributed by atoms with van der Waals surface area (Å²) in [4.78, 5) is 11.8. The number of likely N-dealkylation sites (N-methyl/N-ethyl adjacent to an activating group) is 1. The van der Waals surface area contributed by atoms with Gasteiger partial charge in [0.2, 0.25) is 5.91 Å². The molecule has 1 aromatic heterocycles. The minimum Gasteiger partial charge on any atom is -0.497 e. The van der Waals surface area contributed by atoms with Crippen LogP contribution in [-0.2, 0) is 4.79 Å². The van der Waals surface area contributed by atoms with Gasteiger partial charge in [-0.1, -0.05) is 12.1 Å². The number of carbonyl (C=O) groups is 1. The first kappa shape index (κ1) is 18.6. The van der Waals surface area contributed by atoms with Crippen LogP contribution in [0.5, 0.6) is 11.5 Å². The van der Waals surface area contributed by atoms with E-state index in [1.165, 1.54) is 0 Å². The number of carbonyl (C=O) groups excluding carboxylic acids is 1. The third-order valence-electron chi connectivity index (χ3n) is 4.67. The number of rotatable bonds is 5. The Morgan fingerprint density at radius 1 is 1.15 bits per heavy atom. The Morgan fingerprint density at radius 2 is 1.85 bits per heavy atom. The molecule has 1 amide bonds. The number of nitrogens with one attached hydrogen (secondary N) is 1. The van der Waals surface area contributed by atoms with Gasteiger partial charge in [-0.2, -0.15) is 0 Å². The molecule has 0 radical (unpaired) electrons. The van der Waals surface area contributed by atoms with Crippen molar-refractivity contribution in [1.82, 2.24) is 5.32 Å². The molecule has 5 heteroatoms. The van der Waals surface area contributed by atoms with Crippen LogP contribution in [0, 0.1) is 6.92 Å². The number of methoxy groups -OCH3 is 2. The molecule has 0 saturated carbocycles. The number of aryl methyl sites for hydroxylation is 1. The van der Waals surface area contributed by atoms with Crippen molar-refractivity contribution >= 4 is 22.4 Å². The molecule has 0 unspecified atom stereocenters. The van der Waals surface area contributed by atoms with Crippen molar-refractivity contribution in [2.24, 2.45) is 0 Å². The monoisotopic (exact) mass is 365 g/mol. The highest BCUT2D eigenvalue weighted by Gasteiger charge is 2.18. The summed E-state index contributed by atoms with van der Waals surface area (Å²) in [6.07, 6.45) is 3.32. The van der Waals surface area contributed by atoms with Crippen LogP contribution >= 0.6 is 0 Å². The van der Waals surface area contributed by atoms with Gasteiger partial charge >= 0.3 is 0 Å². The van der Waals surface area contributed by atoms with Gasteiger partial charge in [0.15, 0.2) is 0 Å². The predicted molar refractivity (Wildman–Crippen MR) is 107 cm³/mol. The lowest BCUT2D eigenvalue weighted by Gasteiger charge is -2.13. The van der Waals surface area contributed by atoms with E-state index >= 15 is 0 Å². The third kappa shape index (κ3) is 3.40. The molecule has 140 valence electrons. The first-order valence-electron chi connectivity index (χ1n) is 8.63. The maximum Gasteiger partial charge on any atom is 0.244 e. The average molecular weight is 365 g/mol. The second-order valence-electron chi connectivity index (χ2n) is 6.28. The van der Waals surface area contributed by atoms with Crippen LogP contribution in [-0.4, -0.2) is 27.2 Å². The van der Waals surface area contributed by atoms with E-state index in [1.807, 2.05) is 44.2 Å². The summed E-state index contributed by atoms with van der Waals surface area (Å²) in [5.41, 5.74) is 5.36. The number of benzene rings is 2. The van der Waals surface area contributed by atoms with Gasteiger partial charge in [0.25, 0.3) is 0 Å². The van der Waals surface area contributed by atoms with E-state index in [9.17, 15) is 4.79 Å². The molecular formula is C22H23NO4. The summed E-state index contributed by atoms with van der Waals surface area (Å²) in [6.45, 7) is 3.85. The molecule has 0 aliphatic heterocycles. The molecule has 1 N–H and O–H groups in total. The van der Waals surface area contributed by atoms with Crippen LogP contribution in [0.1, 0.15) is 18.1 Å². The van der Waals surface area contributed by atoms with Crippen molar-refractivity contribution in [1.29, 1.82) is 0 Å². The Kier molecular flexibility index (Phi) is 5.21. The number of allylic oxidation sites excluding steroid dienone is 1. The predicted octanol–water partition coefficient (Wildman–Crippen LogP) is 4.57. The fourth-order valence-electron chi connectivity index (χ4n) is 3.21. The van der Waals surface area contributed by atoms with Crippen molar-refractivity contribution in [2.45, 2.75) is 13.8 Å². The highest BCUT2D eigenvalue weighted by molar-refractivity contribution is 6.01. The van der Waals surface area contributed by atoms with E-state index < -0.39 is 0 Å². The number of amides is 1. The van der Waals surface area contributed by atoms with Crippen molar-refractivity contribution in [3.8, 4) is 22.6 Å². The molecule has 0 fully saturated rings. The maximum absolute atomic E-state index is 11.8. The van der Waals surface area contributed by atoms with Crippen LogP contribution < -0.4 is 14.8 Å². The number of hydrogen-bond donors (Lipinski definition) is 1. The molecule has 0 aliphatic carbocycles. The van der Waals surface area contributed by atoms with E-state index in [2.05, 4.69) is 5.32 Å². The number of ether oxygens (including phenoxy) is 2. The molecule has 0 atom stereocenters. The summed E-state index contributed by atoms with van der Waals surface area (Å²) in [6, 6.07) is 9.84. The molecule has 5 nitrogen and oxygen atoms in total. The van der Waals surface area contributed by atoms with Crippen molar-refractivity contribution in [3.63, 3.8) is 0 Å². The molecule has 3 aromatic rings. The maximum atomic E-state index is 11.8. The van der Waals surface area contributed by atoms with Gasteiger partial charge in [0.05, 0.1) is 20.5 Å². The normalized spacial score (nSPS) is 11.5. The fraction of sp³-hybridized carbons (Fsp3) is 0.227. The lowest BCUT2D eigenvalue weighted by atomic mass is 9.96. The summed E-state index contributed by atoms with van der Waals surface area (Å²) in [5.74, 6) is 1.35. The molecular weight excluding hydrogens is 342 g/mol. The average Bonchev–Trinajstić information content (AvgIpc) is 3.12. The quantitative estimate of drug-likeness (QED) is 0.673. The fourth-order valence-corrected chi connectivity index (χ4v) is 3.21. The lowest BCUT2D eigenvalue weighted by Crippen LogP contribution is -2.14. The summed E-state index contributed by atoms with van der Waals surface area (Å²) >= 11 is 0. The van der Waals surface area contributed by atoms with Gasteiger partial charge in [0, 0.05) is 35.2 Å². The van der Waals surface area contributed by atoms with Crippen LogP contribution in [0.2, 0.25) is 0 Å². The first-order chi connectivity index (χ1) is 13.0. The zero-order valence-electron chi connectivity index (χ0n) is 16.2. The van der Waals surface area contributed by atoms with E-state index in [1.54, 1.807) is 33.6 Å². The topological polar surface area (TPSA) is 60.7 Å². The van der Waals surface area contributed by atoms with E-state index in [0.717, 1.165) is 44.5 Å². The first-order valence-corrected chi connectivity index (χ1v) is 8.63.